The molecule has 0 atom stereocenters. The molecule has 2 heterocycles. The van der Waals surface area contributed by atoms with Crippen LogP contribution in [0.25, 0.3) is 0 Å². The smallest absolute Gasteiger partial charge is 0.224 e. The van der Waals surface area contributed by atoms with Gasteiger partial charge in [0.25, 0.3) is 0 Å². The molecule has 0 unspecified atom stereocenters. The van der Waals surface area contributed by atoms with E-state index in [4.69, 9.17) is 5.73 Å². The van der Waals surface area contributed by atoms with Crippen molar-refractivity contribution < 1.29 is 4.79 Å². The van der Waals surface area contributed by atoms with Crippen LogP contribution in [-0.2, 0) is 18.3 Å². The van der Waals surface area contributed by atoms with Crippen molar-refractivity contribution in [3.05, 3.63) is 17.7 Å². The van der Waals surface area contributed by atoms with Gasteiger partial charge in [0.2, 0.25) is 11.1 Å². The molecule has 1 amide bonds. The molecule has 8 heteroatoms. The average Bonchev–Trinajstić information content (AvgIpc) is 2.76. The van der Waals surface area contributed by atoms with Crippen molar-refractivity contribution in [1.82, 2.24) is 20.2 Å². The maximum atomic E-state index is 11.3. The number of nitrogens with two attached hydrogens (primary N) is 1. The Kier molecular flexibility index (Phi) is 2.86. The van der Waals surface area contributed by atoms with Crippen LogP contribution in [0.1, 0.15) is 12.0 Å². The van der Waals surface area contributed by atoms with Crippen molar-refractivity contribution in [2.24, 2.45) is 7.05 Å². The number of aromatic nitrogens is 4. The zero-order chi connectivity index (χ0) is 13.4. The average molecular weight is 276 g/mol. The van der Waals surface area contributed by atoms with E-state index in [0.717, 1.165) is 22.6 Å². The molecule has 3 rings (SSSR count). The third-order valence-corrected chi connectivity index (χ3v) is 4.02. The zero-order valence-corrected chi connectivity index (χ0v) is 11.1. The molecular formula is C11H12N6OS. The van der Waals surface area contributed by atoms with E-state index in [1.165, 1.54) is 11.8 Å². The summed E-state index contributed by atoms with van der Waals surface area (Å²) in [6.07, 6.45) is 1.23. The molecule has 19 heavy (non-hydrogen) atoms. The van der Waals surface area contributed by atoms with Crippen LogP contribution in [0.2, 0.25) is 0 Å². The van der Waals surface area contributed by atoms with Gasteiger partial charge in [-0.05, 0) is 46.3 Å². The lowest BCUT2D eigenvalue weighted by molar-refractivity contribution is -0.116. The molecule has 98 valence electrons. The number of anilines is 2. The van der Waals surface area contributed by atoms with Crippen LogP contribution < -0.4 is 11.1 Å². The van der Waals surface area contributed by atoms with Crippen molar-refractivity contribution in [3.63, 3.8) is 0 Å². The maximum absolute atomic E-state index is 11.3. The quantitative estimate of drug-likeness (QED) is 0.788. The predicted molar refractivity (Wildman–Crippen MR) is 70.7 cm³/mol. The fourth-order valence-electron chi connectivity index (χ4n) is 1.92. The van der Waals surface area contributed by atoms with Gasteiger partial charge in [-0.1, -0.05) is 0 Å². The summed E-state index contributed by atoms with van der Waals surface area (Å²) in [4.78, 5) is 12.2. The number of aryl methyl sites for hydroxylation is 2. The Bertz CT molecular complexity index is 653. The molecule has 0 fully saturated rings. The van der Waals surface area contributed by atoms with Crippen LogP contribution in [0.4, 0.5) is 11.4 Å². The Hall–Kier alpha value is -2.09. The van der Waals surface area contributed by atoms with Crippen molar-refractivity contribution in [2.45, 2.75) is 22.9 Å². The van der Waals surface area contributed by atoms with Gasteiger partial charge in [0, 0.05) is 29.7 Å². The Balaban J connectivity index is 1.95. The normalized spacial score (nSPS) is 14.1. The molecule has 0 saturated heterocycles. The van der Waals surface area contributed by atoms with Gasteiger partial charge < -0.3 is 11.1 Å². The lowest BCUT2D eigenvalue weighted by Crippen LogP contribution is -2.19. The largest absolute Gasteiger partial charge is 0.398 e. The molecule has 0 spiro atoms. The third-order valence-electron chi connectivity index (χ3n) is 2.91. The summed E-state index contributed by atoms with van der Waals surface area (Å²) >= 11 is 1.41. The third kappa shape index (κ3) is 2.26. The number of benzene rings is 1. The van der Waals surface area contributed by atoms with Crippen molar-refractivity contribution in [2.75, 3.05) is 11.1 Å². The molecule has 7 nitrogen and oxygen atoms in total. The first-order chi connectivity index (χ1) is 9.13. The summed E-state index contributed by atoms with van der Waals surface area (Å²) in [5.41, 5.74) is 8.50. The molecule has 0 aliphatic carbocycles. The van der Waals surface area contributed by atoms with Crippen LogP contribution in [0, 0.1) is 0 Å². The molecule has 0 radical (unpaired) electrons. The van der Waals surface area contributed by atoms with Gasteiger partial charge in [-0.2, -0.15) is 0 Å². The van der Waals surface area contributed by atoms with Crippen LogP contribution in [0.3, 0.4) is 0 Å². The predicted octanol–water partition coefficient (Wildman–Crippen LogP) is 0.828. The van der Waals surface area contributed by atoms with Crippen molar-refractivity contribution in [1.29, 1.82) is 0 Å². The number of nitrogens with zero attached hydrogens (tertiary/aromatic N) is 4. The monoisotopic (exact) mass is 276 g/mol. The van der Waals surface area contributed by atoms with Gasteiger partial charge >= 0.3 is 0 Å². The van der Waals surface area contributed by atoms with Crippen molar-refractivity contribution >= 4 is 29.0 Å². The minimum Gasteiger partial charge on any atom is -0.398 e. The first kappa shape index (κ1) is 12.0. The molecule has 1 aromatic carbocycles. The number of nitrogen functional groups attached to an aromatic ring is 1. The van der Waals surface area contributed by atoms with Crippen molar-refractivity contribution in [3.8, 4) is 0 Å². The number of fused-ring (bicyclic) bond motifs is 1. The number of carbonyl (C=O) groups excluding carboxylic acids is 1. The highest BCUT2D eigenvalue weighted by Crippen LogP contribution is 2.35. The van der Waals surface area contributed by atoms with E-state index < -0.39 is 0 Å². The molecule has 1 aromatic heterocycles. The summed E-state index contributed by atoms with van der Waals surface area (Å²) in [5, 5.41) is 14.8. The van der Waals surface area contributed by atoms with Gasteiger partial charge in [0.05, 0.1) is 0 Å². The number of tetrazole rings is 1. The SMILES string of the molecule is Cn1nnnc1Sc1cc2c(cc1N)NC(=O)CC2. The second kappa shape index (κ2) is 4.54. The molecule has 2 aromatic rings. The molecule has 0 bridgehead atoms. The number of amides is 1. The standard InChI is InChI=1S/C11H12N6OS/c1-17-11(14-15-16-17)19-9-4-6-2-3-10(18)13-8(6)5-7(9)12/h4-5H,2-3,12H2,1H3,(H,13,18). The Labute approximate surface area is 113 Å². The Morgan fingerprint density at radius 2 is 2.26 bits per heavy atom. The molecule has 0 saturated carbocycles. The minimum atomic E-state index is 0.0322. The van der Waals surface area contributed by atoms with E-state index in [-0.39, 0.29) is 5.91 Å². The molecule has 1 aliphatic heterocycles. The first-order valence-electron chi connectivity index (χ1n) is 5.76. The number of hydrogen-bond acceptors (Lipinski definition) is 6. The van der Waals surface area contributed by atoms with E-state index in [9.17, 15) is 4.79 Å². The fraction of sp³-hybridized carbons (Fsp3) is 0.273. The maximum Gasteiger partial charge on any atom is 0.224 e. The van der Waals surface area contributed by atoms with Crippen LogP contribution in [-0.4, -0.2) is 26.1 Å². The lowest BCUT2D eigenvalue weighted by atomic mass is 10.0. The molecule has 3 N–H and O–H groups in total. The number of rotatable bonds is 2. The van der Waals surface area contributed by atoms with Gasteiger partial charge in [-0.15, -0.1) is 5.10 Å². The highest BCUT2D eigenvalue weighted by atomic mass is 32.2. The van der Waals surface area contributed by atoms with E-state index in [1.54, 1.807) is 17.8 Å². The molecule has 1 aliphatic rings. The second-order valence-corrected chi connectivity index (χ2v) is 5.29. The van der Waals surface area contributed by atoms with E-state index in [1.807, 2.05) is 6.07 Å². The van der Waals surface area contributed by atoms with Crippen LogP contribution in [0.5, 0.6) is 0 Å². The topological polar surface area (TPSA) is 98.7 Å². The van der Waals surface area contributed by atoms with Gasteiger partial charge in [0.1, 0.15) is 0 Å². The summed E-state index contributed by atoms with van der Waals surface area (Å²) in [6, 6.07) is 3.78. The summed E-state index contributed by atoms with van der Waals surface area (Å²) in [7, 11) is 1.77. The lowest BCUT2D eigenvalue weighted by Gasteiger charge is -2.18. The first-order valence-corrected chi connectivity index (χ1v) is 6.57. The van der Waals surface area contributed by atoms with Gasteiger partial charge in [-0.3, -0.25) is 4.79 Å². The number of hydrogen-bond donors (Lipinski definition) is 2. The summed E-state index contributed by atoms with van der Waals surface area (Å²) in [5.74, 6) is 0.0322. The minimum absolute atomic E-state index is 0.0322. The number of nitrogens with one attached hydrogen (secondary N) is 1. The summed E-state index contributed by atoms with van der Waals surface area (Å²) in [6.45, 7) is 0. The highest BCUT2D eigenvalue weighted by molar-refractivity contribution is 7.99. The highest BCUT2D eigenvalue weighted by Gasteiger charge is 2.18. The van der Waals surface area contributed by atoms with Gasteiger partial charge in [0.15, 0.2) is 0 Å². The van der Waals surface area contributed by atoms with Crippen LogP contribution >= 0.6 is 11.8 Å². The zero-order valence-electron chi connectivity index (χ0n) is 10.3. The van der Waals surface area contributed by atoms with E-state index >= 15 is 0 Å². The Morgan fingerprint density at radius 1 is 1.42 bits per heavy atom. The van der Waals surface area contributed by atoms with Crippen LogP contribution in [0.15, 0.2) is 22.2 Å². The molecular weight excluding hydrogens is 264 g/mol. The number of carbonyl (C=O) groups is 1. The van der Waals surface area contributed by atoms with Gasteiger partial charge in [-0.25, -0.2) is 4.68 Å². The Morgan fingerprint density at radius 3 is 3.00 bits per heavy atom. The van der Waals surface area contributed by atoms with E-state index in [0.29, 0.717) is 17.3 Å². The van der Waals surface area contributed by atoms with E-state index in [2.05, 4.69) is 20.8 Å². The second-order valence-electron chi connectivity index (χ2n) is 4.28. The fourth-order valence-corrected chi connectivity index (χ4v) is 2.74. The summed E-state index contributed by atoms with van der Waals surface area (Å²) < 4.78 is 1.59.